The summed E-state index contributed by atoms with van der Waals surface area (Å²) in [7, 11) is 0. The Morgan fingerprint density at radius 2 is 2.00 bits per heavy atom. The molecule has 7 nitrogen and oxygen atoms in total. The normalized spacial score (nSPS) is 14.6. The van der Waals surface area contributed by atoms with Crippen molar-refractivity contribution in [2.24, 2.45) is 0 Å². The molecule has 1 aromatic heterocycles. The van der Waals surface area contributed by atoms with Crippen LogP contribution in [-0.4, -0.2) is 47.9 Å². The number of nitrogens with one attached hydrogen (secondary N) is 1. The standard InChI is InChI=1S/C20H18F3N3O4S/c1-2-11-29-19(28)26-9-7-13(8-10-26)18-25-15(12-31-18)17(27)24-14-5-3-4-6-16(14)30-20(21,22)23/h1,3-6,12-13H,7-11H2,(H,24,27). The maximum Gasteiger partial charge on any atom is 0.573 e. The van der Waals surface area contributed by atoms with Crippen LogP contribution in [0.5, 0.6) is 5.75 Å². The fraction of sp³-hybridized carbons (Fsp3) is 0.350. The number of rotatable bonds is 5. The first kappa shape index (κ1) is 22.4. The second kappa shape index (κ2) is 9.70. The summed E-state index contributed by atoms with van der Waals surface area (Å²) in [5.74, 6) is 1.14. The van der Waals surface area contributed by atoms with Gasteiger partial charge in [-0.3, -0.25) is 4.79 Å². The molecule has 1 aliphatic rings. The number of nitrogens with zero attached hydrogens (tertiary/aromatic N) is 2. The van der Waals surface area contributed by atoms with Gasteiger partial charge in [-0.05, 0) is 25.0 Å². The molecular weight excluding hydrogens is 435 g/mol. The molecule has 0 aliphatic carbocycles. The molecule has 31 heavy (non-hydrogen) atoms. The number of carbonyl (C=O) groups is 2. The molecule has 0 saturated carbocycles. The third kappa shape index (κ3) is 6.11. The van der Waals surface area contributed by atoms with Gasteiger partial charge >= 0.3 is 12.5 Å². The first-order valence-corrected chi connectivity index (χ1v) is 10.1. The fourth-order valence-electron chi connectivity index (χ4n) is 3.05. The van der Waals surface area contributed by atoms with E-state index < -0.39 is 24.1 Å². The van der Waals surface area contributed by atoms with Crippen molar-refractivity contribution < 1.29 is 32.2 Å². The minimum atomic E-state index is -4.88. The summed E-state index contributed by atoms with van der Waals surface area (Å²) in [6.45, 7) is 0.857. The van der Waals surface area contributed by atoms with Crippen LogP contribution in [-0.2, 0) is 4.74 Å². The van der Waals surface area contributed by atoms with Gasteiger partial charge in [0.25, 0.3) is 5.91 Å². The number of hydrogen-bond acceptors (Lipinski definition) is 6. The fourth-order valence-corrected chi connectivity index (χ4v) is 4.02. The highest BCUT2D eigenvalue weighted by Crippen LogP contribution is 2.32. The van der Waals surface area contributed by atoms with E-state index in [1.807, 2.05) is 0 Å². The van der Waals surface area contributed by atoms with Crippen LogP contribution in [0.25, 0.3) is 0 Å². The molecule has 1 aliphatic heterocycles. The van der Waals surface area contributed by atoms with Crippen LogP contribution in [0.1, 0.15) is 34.3 Å². The minimum absolute atomic E-state index is 0.0593. The van der Waals surface area contributed by atoms with E-state index in [9.17, 15) is 22.8 Å². The monoisotopic (exact) mass is 453 g/mol. The van der Waals surface area contributed by atoms with Crippen LogP contribution in [0.2, 0.25) is 0 Å². The van der Waals surface area contributed by atoms with Crippen molar-refractivity contribution in [1.29, 1.82) is 0 Å². The Bertz CT molecular complexity index is 979. The highest BCUT2D eigenvalue weighted by Gasteiger charge is 2.32. The molecule has 0 radical (unpaired) electrons. The first-order chi connectivity index (χ1) is 14.8. The van der Waals surface area contributed by atoms with Gasteiger partial charge in [-0.15, -0.1) is 30.9 Å². The molecule has 2 aromatic rings. The molecule has 0 spiro atoms. The number of benzene rings is 1. The predicted molar refractivity (Wildman–Crippen MR) is 107 cm³/mol. The lowest BCUT2D eigenvalue weighted by molar-refractivity contribution is -0.274. The third-order valence-electron chi connectivity index (χ3n) is 4.50. The molecule has 2 heterocycles. The number of hydrogen-bond donors (Lipinski definition) is 1. The molecular formula is C20H18F3N3O4S. The molecule has 0 atom stereocenters. The highest BCUT2D eigenvalue weighted by atomic mass is 32.1. The van der Waals surface area contributed by atoms with Crippen molar-refractivity contribution in [1.82, 2.24) is 9.88 Å². The van der Waals surface area contributed by atoms with Crippen LogP contribution >= 0.6 is 11.3 Å². The first-order valence-electron chi connectivity index (χ1n) is 9.23. The van der Waals surface area contributed by atoms with E-state index in [-0.39, 0.29) is 23.9 Å². The van der Waals surface area contributed by atoms with Crippen molar-refractivity contribution in [2.45, 2.75) is 25.1 Å². The minimum Gasteiger partial charge on any atom is -0.436 e. The molecule has 0 unspecified atom stereocenters. The lowest BCUT2D eigenvalue weighted by Crippen LogP contribution is -2.38. The van der Waals surface area contributed by atoms with Crippen molar-refractivity contribution >= 4 is 29.0 Å². The molecule has 1 N–H and O–H groups in total. The Labute approximate surface area is 180 Å². The number of thiazole rings is 1. The van der Waals surface area contributed by atoms with Gasteiger partial charge in [-0.25, -0.2) is 9.78 Å². The summed E-state index contributed by atoms with van der Waals surface area (Å²) in [6.07, 6.45) is 1.01. The Balaban J connectivity index is 1.60. The Kier molecular flexibility index (Phi) is 7.02. The van der Waals surface area contributed by atoms with Crippen LogP contribution in [0.15, 0.2) is 29.6 Å². The quantitative estimate of drug-likeness (QED) is 0.685. The molecule has 1 fully saturated rings. The van der Waals surface area contributed by atoms with Gasteiger partial charge in [0.15, 0.2) is 12.4 Å². The van der Waals surface area contributed by atoms with Gasteiger partial charge in [0.05, 0.1) is 10.7 Å². The number of ether oxygens (including phenoxy) is 2. The lowest BCUT2D eigenvalue weighted by Gasteiger charge is -2.30. The molecule has 1 saturated heterocycles. The highest BCUT2D eigenvalue weighted by molar-refractivity contribution is 7.10. The average Bonchev–Trinajstić information content (AvgIpc) is 3.23. The maximum atomic E-state index is 12.5. The Hall–Kier alpha value is -3.26. The zero-order valence-electron chi connectivity index (χ0n) is 16.1. The van der Waals surface area contributed by atoms with Gasteiger partial charge in [-0.2, -0.15) is 0 Å². The number of anilines is 1. The Morgan fingerprint density at radius 1 is 1.29 bits per heavy atom. The smallest absolute Gasteiger partial charge is 0.436 e. The number of carbonyl (C=O) groups excluding carboxylic acids is 2. The summed E-state index contributed by atoms with van der Waals surface area (Å²) in [6, 6.07) is 5.26. The molecule has 2 amide bonds. The molecule has 11 heteroatoms. The van der Waals surface area contributed by atoms with Gasteiger partial charge in [-0.1, -0.05) is 18.1 Å². The number of piperidine rings is 1. The number of terminal acetylenes is 1. The second-order valence-corrected chi connectivity index (χ2v) is 7.48. The van der Waals surface area contributed by atoms with E-state index in [4.69, 9.17) is 11.2 Å². The van der Waals surface area contributed by atoms with Crippen molar-refractivity contribution in [2.75, 3.05) is 25.0 Å². The van der Waals surface area contributed by atoms with E-state index in [1.54, 1.807) is 10.3 Å². The molecule has 0 bridgehead atoms. The van der Waals surface area contributed by atoms with Gasteiger partial charge in [0, 0.05) is 24.4 Å². The maximum absolute atomic E-state index is 12.5. The number of likely N-dealkylation sites (tertiary alicyclic amines) is 1. The van der Waals surface area contributed by atoms with E-state index in [2.05, 4.69) is 21.0 Å². The summed E-state index contributed by atoms with van der Waals surface area (Å²) in [5, 5.41) is 4.67. The van der Waals surface area contributed by atoms with Crippen molar-refractivity contribution in [3.05, 3.63) is 40.3 Å². The topological polar surface area (TPSA) is 80.8 Å². The number of alkyl halides is 3. The van der Waals surface area contributed by atoms with E-state index >= 15 is 0 Å². The summed E-state index contributed by atoms with van der Waals surface area (Å²) < 4.78 is 46.5. The Morgan fingerprint density at radius 3 is 2.68 bits per heavy atom. The second-order valence-electron chi connectivity index (χ2n) is 6.59. The van der Waals surface area contributed by atoms with Crippen LogP contribution < -0.4 is 10.1 Å². The average molecular weight is 453 g/mol. The van der Waals surface area contributed by atoms with Gasteiger partial charge < -0.3 is 19.7 Å². The largest absolute Gasteiger partial charge is 0.573 e. The van der Waals surface area contributed by atoms with Crippen molar-refractivity contribution in [3.8, 4) is 18.1 Å². The van der Waals surface area contributed by atoms with Crippen LogP contribution in [0, 0.1) is 12.3 Å². The van der Waals surface area contributed by atoms with Crippen LogP contribution in [0.4, 0.5) is 23.7 Å². The third-order valence-corrected chi connectivity index (χ3v) is 5.50. The number of aromatic nitrogens is 1. The predicted octanol–water partition coefficient (Wildman–Crippen LogP) is 4.24. The van der Waals surface area contributed by atoms with Crippen molar-refractivity contribution in [3.63, 3.8) is 0 Å². The lowest BCUT2D eigenvalue weighted by atomic mass is 9.98. The molecule has 164 valence electrons. The zero-order chi connectivity index (χ0) is 22.4. The molecule has 3 rings (SSSR count). The van der Waals surface area contributed by atoms with Crippen LogP contribution in [0.3, 0.4) is 0 Å². The summed E-state index contributed by atoms with van der Waals surface area (Å²) >= 11 is 1.29. The summed E-state index contributed by atoms with van der Waals surface area (Å²) in [5.41, 5.74) is -0.0177. The number of para-hydroxylation sites is 2. The SMILES string of the molecule is C#CCOC(=O)N1CCC(c2nc(C(=O)Nc3ccccc3OC(F)(F)F)cs2)CC1. The zero-order valence-corrected chi connectivity index (χ0v) is 17.0. The van der Waals surface area contributed by atoms with Gasteiger partial charge in [0.1, 0.15) is 5.69 Å². The van der Waals surface area contributed by atoms with E-state index in [0.717, 1.165) is 11.1 Å². The number of amides is 2. The van der Waals surface area contributed by atoms with Gasteiger partial charge in [0.2, 0.25) is 0 Å². The summed E-state index contributed by atoms with van der Waals surface area (Å²) in [4.78, 5) is 30.2. The van der Waals surface area contributed by atoms with E-state index in [0.29, 0.717) is 25.9 Å². The number of halogens is 3. The molecule has 1 aromatic carbocycles. The van der Waals surface area contributed by atoms with E-state index in [1.165, 1.54) is 29.5 Å².